The molecule has 3 N–H and O–H groups in total. The number of aromatic nitrogens is 1. The summed E-state index contributed by atoms with van der Waals surface area (Å²) in [6, 6.07) is 12.3. The van der Waals surface area contributed by atoms with Gasteiger partial charge in [0.1, 0.15) is 5.75 Å². The molecule has 27 heavy (non-hydrogen) atoms. The maximum absolute atomic E-state index is 12.3. The Balaban J connectivity index is 0.00000261. The third kappa shape index (κ3) is 5.81. The second kappa shape index (κ2) is 8.55. The minimum Gasteiger partial charge on any atom is -0.406 e. The number of halogens is 4. The van der Waals surface area contributed by atoms with Gasteiger partial charge in [-0.2, -0.15) is 0 Å². The van der Waals surface area contributed by atoms with Crippen LogP contribution in [0.3, 0.4) is 0 Å². The van der Waals surface area contributed by atoms with E-state index >= 15 is 0 Å². The summed E-state index contributed by atoms with van der Waals surface area (Å²) in [5.74, 6) is -0.757. The lowest BCUT2D eigenvalue weighted by molar-refractivity contribution is -0.274. The Morgan fingerprint density at radius 1 is 1.22 bits per heavy atom. The maximum Gasteiger partial charge on any atom is 0.573 e. The van der Waals surface area contributed by atoms with Gasteiger partial charge in [0.15, 0.2) is 5.13 Å². The number of nitrogens with two attached hydrogens (primary N) is 1. The lowest BCUT2D eigenvalue weighted by atomic mass is 10.1. The standard InChI is InChI=1S/C17H14F3N3O2S.ClH/c18-17(19,20)25-11-6-7-13-14(9-11)26-16(22-13)23-15(24)12(21)8-10-4-2-1-3-5-10;/h1-7,9,12H,8,21H2,(H,22,23,24);1H. The van der Waals surface area contributed by atoms with Crippen LogP contribution in [0.1, 0.15) is 5.56 Å². The summed E-state index contributed by atoms with van der Waals surface area (Å²) in [5, 5.41) is 2.86. The molecule has 1 aromatic heterocycles. The molecule has 1 heterocycles. The Morgan fingerprint density at radius 3 is 2.59 bits per heavy atom. The second-order valence-corrected chi connectivity index (χ2v) is 6.51. The van der Waals surface area contributed by atoms with Crippen LogP contribution in [0.25, 0.3) is 10.2 Å². The van der Waals surface area contributed by atoms with Gasteiger partial charge in [-0.3, -0.25) is 4.79 Å². The van der Waals surface area contributed by atoms with Gasteiger partial charge in [-0.25, -0.2) is 4.98 Å². The number of thiazole rings is 1. The zero-order valence-corrected chi connectivity index (χ0v) is 15.3. The molecule has 144 valence electrons. The third-order valence-electron chi connectivity index (χ3n) is 3.46. The van der Waals surface area contributed by atoms with Gasteiger partial charge in [0, 0.05) is 6.07 Å². The van der Waals surface area contributed by atoms with Gasteiger partial charge in [0.25, 0.3) is 0 Å². The van der Waals surface area contributed by atoms with Crippen LogP contribution >= 0.6 is 23.7 Å². The van der Waals surface area contributed by atoms with Gasteiger partial charge in [-0.05, 0) is 24.1 Å². The lowest BCUT2D eigenvalue weighted by Crippen LogP contribution is -2.37. The quantitative estimate of drug-likeness (QED) is 0.654. The van der Waals surface area contributed by atoms with Gasteiger partial charge >= 0.3 is 6.36 Å². The Labute approximate surface area is 162 Å². The van der Waals surface area contributed by atoms with E-state index in [1.165, 1.54) is 18.2 Å². The molecule has 3 rings (SSSR count). The average molecular weight is 418 g/mol. The van der Waals surface area contributed by atoms with Crippen molar-refractivity contribution in [2.24, 2.45) is 5.73 Å². The molecule has 0 aliphatic rings. The van der Waals surface area contributed by atoms with Crippen LogP contribution in [0.4, 0.5) is 18.3 Å². The summed E-state index contributed by atoms with van der Waals surface area (Å²) in [6.07, 6.45) is -4.40. The summed E-state index contributed by atoms with van der Waals surface area (Å²) in [4.78, 5) is 16.4. The lowest BCUT2D eigenvalue weighted by Gasteiger charge is -2.10. The van der Waals surface area contributed by atoms with Crippen molar-refractivity contribution in [1.82, 2.24) is 4.98 Å². The highest BCUT2D eigenvalue weighted by Gasteiger charge is 2.31. The number of carbonyl (C=O) groups is 1. The maximum atomic E-state index is 12.3. The fourth-order valence-electron chi connectivity index (χ4n) is 2.31. The number of nitrogens with zero attached hydrogens (tertiary/aromatic N) is 1. The number of anilines is 1. The van der Waals surface area contributed by atoms with Crippen LogP contribution in [0, 0.1) is 0 Å². The van der Waals surface area contributed by atoms with Crippen molar-refractivity contribution in [1.29, 1.82) is 0 Å². The van der Waals surface area contributed by atoms with E-state index in [0.717, 1.165) is 16.9 Å². The van der Waals surface area contributed by atoms with Crippen LogP contribution < -0.4 is 15.8 Å². The number of carbonyl (C=O) groups excluding carboxylic acids is 1. The molecule has 0 saturated heterocycles. The summed E-state index contributed by atoms with van der Waals surface area (Å²) in [7, 11) is 0. The Kier molecular flexibility index (Phi) is 6.63. The van der Waals surface area contributed by atoms with E-state index in [9.17, 15) is 18.0 Å². The van der Waals surface area contributed by atoms with Crippen molar-refractivity contribution in [3.8, 4) is 5.75 Å². The molecule has 5 nitrogen and oxygen atoms in total. The SMILES string of the molecule is Cl.NC(Cc1ccccc1)C(=O)Nc1nc2ccc(OC(F)(F)F)cc2s1. The van der Waals surface area contributed by atoms with Gasteiger partial charge in [-0.1, -0.05) is 41.7 Å². The predicted molar refractivity (Wildman–Crippen MR) is 100 cm³/mol. The normalized spacial score (nSPS) is 12.3. The number of fused-ring (bicyclic) bond motifs is 1. The first-order chi connectivity index (χ1) is 12.3. The van der Waals surface area contributed by atoms with Crippen molar-refractivity contribution in [2.45, 2.75) is 18.8 Å². The highest BCUT2D eigenvalue weighted by molar-refractivity contribution is 7.22. The number of amides is 1. The highest BCUT2D eigenvalue weighted by Crippen LogP contribution is 2.31. The Hall–Kier alpha value is -2.36. The van der Waals surface area contributed by atoms with Crippen LogP contribution in [-0.4, -0.2) is 23.3 Å². The van der Waals surface area contributed by atoms with Gasteiger partial charge in [0.2, 0.25) is 5.91 Å². The number of nitrogens with one attached hydrogen (secondary N) is 1. The molecular formula is C17H15ClF3N3O2S. The Morgan fingerprint density at radius 2 is 1.93 bits per heavy atom. The summed E-state index contributed by atoms with van der Waals surface area (Å²) in [5.41, 5.74) is 7.28. The molecule has 2 aromatic carbocycles. The van der Waals surface area contributed by atoms with E-state index in [1.54, 1.807) is 0 Å². The monoisotopic (exact) mass is 417 g/mol. The van der Waals surface area contributed by atoms with Crippen LogP contribution in [0.5, 0.6) is 5.75 Å². The van der Waals surface area contributed by atoms with E-state index in [-0.39, 0.29) is 23.3 Å². The summed E-state index contributed by atoms with van der Waals surface area (Å²) in [6.45, 7) is 0. The zero-order valence-electron chi connectivity index (χ0n) is 13.7. The minimum absolute atomic E-state index is 0. The van der Waals surface area contributed by atoms with E-state index in [2.05, 4.69) is 15.0 Å². The fraction of sp³-hybridized carbons (Fsp3) is 0.176. The summed E-state index contributed by atoms with van der Waals surface area (Å²) >= 11 is 1.04. The van der Waals surface area contributed by atoms with Crippen molar-refractivity contribution in [3.05, 3.63) is 54.1 Å². The molecule has 1 unspecified atom stereocenters. The van der Waals surface area contributed by atoms with Crippen molar-refractivity contribution >= 4 is 45.0 Å². The summed E-state index contributed by atoms with van der Waals surface area (Å²) < 4.78 is 41.2. The molecular weight excluding hydrogens is 403 g/mol. The third-order valence-corrected chi connectivity index (χ3v) is 4.39. The molecule has 0 aliphatic heterocycles. The van der Waals surface area contributed by atoms with Crippen molar-refractivity contribution in [3.63, 3.8) is 0 Å². The van der Waals surface area contributed by atoms with E-state index in [1.807, 2.05) is 30.3 Å². The second-order valence-electron chi connectivity index (χ2n) is 5.48. The van der Waals surface area contributed by atoms with Gasteiger partial charge in [-0.15, -0.1) is 25.6 Å². The van der Waals surface area contributed by atoms with E-state index in [4.69, 9.17) is 5.73 Å². The van der Waals surface area contributed by atoms with Crippen LogP contribution in [-0.2, 0) is 11.2 Å². The molecule has 0 spiro atoms. The topological polar surface area (TPSA) is 77.2 Å². The largest absolute Gasteiger partial charge is 0.573 e. The molecule has 3 aromatic rings. The molecule has 10 heteroatoms. The Bertz CT molecular complexity index is 919. The van der Waals surface area contributed by atoms with E-state index in [0.29, 0.717) is 16.6 Å². The number of hydrogen-bond acceptors (Lipinski definition) is 5. The number of benzene rings is 2. The molecule has 0 aliphatic carbocycles. The highest BCUT2D eigenvalue weighted by atomic mass is 35.5. The molecule has 0 fully saturated rings. The number of hydrogen-bond donors (Lipinski definition) is 2. The number of alkyl halides is 3. The van der Waals surface area contributed by atoms with E-state index < -0.39 is 18.3 Å². The first-order valence-corrected chi connectivity index (χ1v) is 8.38. The van der Waals surface area contributed by atoms with Crippen molar-refractivity contribution in [2.75, 3.05) is 5.32 Å². The van der Waals surface area contributed by atoms with Gasteiger partial charge < -0.3 is 15.8 Å². The smallest absolute Gasteiger partial charge is 0.406 e. The van der Waals surface area contributed by atoms with Crippen molar-refractivity contribution < 1.29 is 22.7 Å². The average Bonchev–Trinajstić information content (AvgIpc) is 2.95. The predicted octanol–water partition coefficient (Wildman–Crippen LogP) is 4.13. The zero-order chi connectivity index (χ0) is 18.7. The molecule has 0 saturated carbocycles. The first kappa shape index (κ1) is 20.9. The molecule has 0 bridgehead atoms. The number of ether oxygens (including phenoxy) is 1. The van der Waals surface area contributed by atoms with Gasteiger partial charge in [0.05, 0.1) is 16.3 Å². The number of rotatable bonds is 5. The van der Waals surface area contributed by atoms with Crippen LogP contribution in [0.15, 0.2) is 48.5 Å². The van der Waals surface area contributed by atoms with Crippen LogP contribution in [0.2, 0.25) is 0 Å². The molecule has 0 radical (unpaired) electrons. The molecule has 1 atom stereocenters. The molecule has 1 amide bonds. The minimum atomic E-state index is -4.76. The fourth-order valence-corrected chi connectivity index (χ4v) is 3.21. The first-order valence-electron chi connectivity index (χ1n) is 7.57.